The minimum atomic E-state index is 0.464. The van der Waals surface area contributed by atoms with Crippen molar-refractivity contribution >= 4 is 17.3 Å². The third-order valence-electron chi connectivity index (χ3n) is 2.29. The van der Waals surface area contributed by atoms with Crippen LogP contribution in [0.25, 0.3) is 0 Å². The Kier molecular flexibility index (Phi) is 3.68. The first kappa shape index (κ1) is 12.2. The summed E-state index contributed by atoms with van der Waals surface area (Å²) in [5.74, 6) is 6.44. The number of hydrogen-bond acceptors (Lipinski definition) is 4. The Bertz CT molecular complexity index is 607. The zero-order valence-electron chi connectivity index (χ0n) is 9.35. The molecule has 3 N–H and O–H groups in total. The Hall–Kier alpha value is -2.22. The monoisotopic (exact) mass is 259 g/mol. The summed E-state index contributed by atoms with van der Waals surface area (Å²) in [5.41, 5.74) is 3.63. The van der Waals surface area contributed by atoms with Gasteiger partial charge in [-0.05, 0) is 30.3 Å². The molecule has 0 amide bonds. The van der Waals surface area contributed by atoms with E-state index >= 15 is 0 Å². The van der Waals surface area contributed by atoms with Crippen LogP contribution in [0.15, 0.2) is 42.5 Å². The van der Waals surface area contributed by atoms with Crippen LogP contribution in [-0.4, -0.2) is 0 Å². The van der Waals surface area contributed by atoms with E-state index < -0.39 is 0 Å². The van der Waals surface area contributed by atoms with Gasteiger partial charge in [0.25, 0.3) is 0 Å². The second kappa shape index (κ2) is 5.41. The number of nitrogens with one attached hydrogen (secondary N) is 1. The predicted molar refractivity (Wildman–Crippen MR) is 70.5 cm³/mol. The van der Waals surface area contributed by atoms with Gasteiger partial charge in [0.1, 0.15) is 11.5 Å². The van der Waals surface area contributed by atoms with Gasteiger partial charge in [0, 0.05) is 6.07 Å². The Labute approximate surface area is 110 Å². The highest BCUT2D eigenvalue weighted by Crippen LogP contribution is 2.29. The summed E-state index contributed by atoms with van der Waals surface area (Å²) in [6.45, 7) is 0. The average Bonchev–Trinajstić information content (AvgIpc) is 2.39. The van der Waals surface area contributed by atoms with Crippen LogP contribution in [0.5, 0.6) is 11.5 Å². The quantitative estimate of drug-likeness (QED) is 0.655. The van der Waals surface area contributed by atoms with Crippen LogP contribution in [0.2, 0.25) is 5.02 Å². The van der Waals surface area contributed by atoms with Crippen molar-refractivity contribution in [2.75, 3.05) is 5.43 Å². The van der Waals surface area contributed by atoms with Gasteiger partial charge in [0.2, 0.25) is 0 Å². The molecule has 2 rings (SSSR count). The first-order chi connectivity index (χ1) is 8.72. The molecule has 0 saturated carbocycles. The van der Waals surface area contributed by atoms with Gasteiger partial charge in [-0.3, -0.25) is 5.84 Å². The van der Waals surface area contributed by atoms with Gasteiger partial charge in [-0.25, -0.2) is 0 Å². The van der Waals surface area contributed by atoms with Crippen LogP contribution < -0.4 is 16.0 Å². The number of halogens is 1. The number of hydrazine groups is 1. The summed E-state index contributed by atoms with van der Waals surface area (Å²) in [5, 5.41) is 9.26. The highest BCUT2D eigenvalue weighted by atomic mass is 35.5. The highest BCUT2D eigenvalue weighted by molar-refractivity contribution is 6.33. The van der Waals surface area contributed by atoms with Gasteiger partial charge in [0.05, 0.1) is 22.3 Å². The molecule has 4 nitrogen and oxygen atoms in total. The second-order valence-electron chi connectivity index (χ2n) is 3.53. The van der Waals surface area contributed by atoms with Crippen LogP contribution >= 0.6 is 11.6 Å². The Balaban J connectivity index is 2.23. The molecule has 0 aliphatic rings. The number of nitrogen functional groups attached to an aromatic ring is 1. The topological polar surface area (TPSA) is 71.1 Å². The number of anilines is 1. The first-order valence-electron chi connectivity index (χ1n) is 5.17. The van der Waals surface area contributed by atoms with Crippen molar-refractivity contribution in [1.29, 1.82) is 5.26 Å². The molecule has 0 atom stereocenters. The summed E-state index contributed by atoms with van der Waals surface area (Å²) in [4.78, 5) is 0. The fourth-order valence-corrected chi connectivity index (χ4v) is 1.67. The van der Waals surface area contributed by atoms with E-state index in [0.29, 0.717) is 27.8 Å². The number of benzene rings is 2. The van der Waals surface area contributed by atoms with E-state index in [1.165, 1.54) is 0 Å². The van der Waals surface area contributed by atoms with Gasteiger partial charge in [-0.1, -0.05) is 17.7 Å². The van der Waals surface area contributed by atoms with E-state index in [1.807, 2.05) is 0 Å². The van der Waals surface area contributed by atoms with Gasteiger partial charge in [-0.2, -0.15) is 5.26 Å². The van der Waals surface area contributed by atoms with E-state index in [9.17, 15) is 0 Å². The molecule has 0 fully saturated rings. The molecule has 2 aromatic carbocycles. The van der Waals surface area contributed by atoms with Crippen LogP contribution in [0.3, 0.4) is 0 Å². The molecule has 0 unspecified atom stereocenters. The minimum Gasteiger partial charge on any atom is -0.457 e. The van der Waals surface area contributed by atoms with E-state index in [1.54, 1.807) is 42.5 Å². The number of hydrogen-bond donors (Lipinski definition) is 2. The number of nitrogens with two attached hydrogens (primary N) is 1. The molecular formula is C13H10ClN3O. The average molecular weight is 260 g/mol. The standard InChI is InChI=1S/C13H10ClN3O/c14-12-7-11(4-5-13(12)17-16)18-10-3-1-2-9(6-10)8-15/h1-7,17H,16H2. The van der Waals surface area contributed by atoms with Crippen molar-refractivity contribution in [3.05, 3.63) is 53.1 Å². The molecule has 90 valence electrons. The number of ether oxygens (including phenoxy) is 1. The third kappa shape index (κ3) is 2.72. The van der Waals surface area contributed by atoms with Crippen LogP contribution in [0.1, 0.15) is 5.56 Å². The largest absolute Gasteiger partial charge is 0.457 e. The lowest BCUT2D eigenvalue weighted by Crippen LogP contribution is -2.06. The molecule has 0 aliphatic carbocycles. The second-order valence-corrected chi connectivity index (χ2v) is 3.93. The van der Waals surface area contributed by atoms with Crippen molar-refractivity contribution in [3.8, 4) is 17.6 Å². The maximum Gasteiger partial charge on any atom is 0.129 e. The molecule has 0 radical (unpaired) electrons. The fourth-order valence-electron chi connectivity index (χ4n) is 1.44. The Morgan fingerprint density at radius 3 is 2.61 bits per heavy atom. The van der Waals surface area contributed by atoms with Crippen molar-refractivity contribution < 1.29 is 4.74 Å². The highest BCUT2D eigenvalue weighted by Gasteiger charge is 2.03. The fraction of sp³-hybridized carbons (Fsp3) is 0. The third-order valence-corrected chi connectivity index (χ3v) is 2.61. The maximum atomic E-state index is 8.79. The number of rotatable bonds is 3. The van der Waals surface area contributed by atoms with Crippen LogP contribution in [-0.2, 0) is 0 Å². The van der Waals surface area contributed by atoms with Crippen LogP contribution in [0, 0.1) is 11.3 Å². The molecule has 0 bridgehead atoms. The molecule has 5 heteroatoms. The molecular weight excluding hydrogens is 250 g/mol. The van der Waals surface area contributed by atoms with Crippen molar-refractivity contribution in [3.63, 3.8) is 0 Å². The lowest BCUT2D eigenvalue weighted by atomic mass is 10.2. The SMILES string of the molecule is N#Cc1cccc(Oc2ccc(NN)c(Cl)c2)c1. The van der Waals surface area contributed by atoms with Crippen molar-refractivity contribution in [2.45, 2.75) is 0 Å². The minimum absolute atomic E-state index is 0.464. The van der Waals surface area contributed by atoms with Gasteiger partial charge < -0.3 is 10.2 Å². The molecule has 0 spiro atoms. The zero-order valence-corrected chi connectivity index (χ0v) is 10.1. The smallest absolute Gasteiger partial charge is 0.129 e. The predicted octanol–water partition coefficient (Wildman–Crippen LogP) is 3.29. The molecule has 0 aromatic heterocycles. The van der Waals surface area contributed by atoms with Gasteiger partial charge in [-0.15, -0.1) is 0 Å². The Morgan fingerprint density at radius 2 is 1.94 bits per heavy atom. The molecule has 0 aliphatic heterocycles. The normalized spacial score (nSPS) is 9.61. The van der Waals surface area contributed by atoms with E-state index in [0.717, 1.165) is 0 Å². The van der Waals surface area contributed by atoms with E-state index in [-0.39, 0.29) is 0 Å². The summed E-state index contributed by atoms with van der Waals surface area (Å²) >= 11 is 5.98. The summed E-state index contributed by atoms with van der Waals surface area (Å²) in [6, 6.07) is 14.0. The molecule has 0 saturated heterocycles. The summed E-state index contributed by atoms with van der Waals surface area (Å²) in [6.07, 6.45) is 0. The van der Waals surface area contributed by atoms with Crippen molar-refractivity contribution in [2.24, 2.45) is 5.84 Å². The summed E-state index contributed by atoms with van der Waals surface area (Å²) < 4.78 is 5.60. The molecule has 0 heterocycles. The van der Waals surface area contributed by atoms with E-state index in [2.05, 4.69) is 11.5 Å². The summed E-state index contributed by atoms with van der Waals surface area (Å²) in [7, 11) is 0. The lowest BCUT2D eigenvalue weighted by Gasteiger charge is -2.08. The number of nitriles is 1. The zero-order chi connectivity index (χ0) is 13.0. The first-order valence-corrected chi connectivity index (χ1v) is 5.55. The van der Waals surface area contributed by atoms with E-state index in [4.69, 9.17) is 27.4 Å². The molecule has 18 heavy (non-hydrogen) atoms. The maximum absolute atomic E-state index is 8.79. The van der Waals surface area contributed by atoms with Gasteiger partial charge in [0.15, 0.2) is 0 Å². The molecule has 2 aromatic rings. The van der Waals surface area contributed by atoms with Gasteiger partial charge >= 0.3 is 0 Å². The lowest BCUT2D eigenvalue weighted by molar-refractivity contribution is 0.482. The van der Waals surface area contributed by atoms with Crippen LogP contribution in [0.4, 0.5) is 5.69 Å². The Morgan fingerprint density at radius 1 is 1.17 bits per heavy atom. The number of nitrogens with zero attached hydrogens (tertiary/aromatic N) is 1. The van der Waals surface area contributed by atoms with Crippen molar-refractivity contribution in [1.82, 2.24) is 0 Å².